The normalized spacial score (nSPS) is 11.4. The Bertz CT molecular complexity index is 1060. The van der Waals surface area contributed by atoms with Crippen LogP contribution in [-0.2, 0) is 11.3 Å². The minimum atomic E-state index is -0.394. The zero-order valence-corrected chi connectivity index (χ0v) is 15.8. The number of phenolic OH excluding ortho intramolecular Hbond substituents is 2. The molecule has 3 rings (SSSR count). The lowest BCUT2D eigenvalue weighted by Crippen LogP contribution is -2.24. The topological polar surface area (TPSA) is 109 Å². The van der Waals surface area contributed by atoms with E-state index in [-0.39, 0.29) is 22.3 Å². The Kier molecular flexibility index (Phi) is 6.13. The Morgan fingerprint density at radius 2 is 2.11 bits per heavy atom. The van der Waals surface area contributed by atoms with Gasteiger partial charge in [-0.3, -0.25) is 9.36 Å². The summed E-state index contributed by atoms with van der Waals surface area (Å²) in [5.74, 6) is -0.464. The highest BCUT2D eigenvalue weighted by Crippen LogP contribution is 2.33. The van der Waals surface area contributed by atoms with Crippen molar-refractivity contribution in [3.05, 3.63) is 57.3 Å². The number of aromatic nitrogens is 2. The Balaban J connectivity index is 1.92. The highest BCUT2D eigenvalue weighted by molar-refractivity contribution is 6.32. The highest BCUT2D eigenvalue weighted by Gasteiger charge is 2.10. The van der Waals surface area contributed by atoms with E-state index >= 15 is 0 Å². The van der Waals surface area contributed by atoms with E-state index in [1.54, 1.807) is 31.4 Å². The molecule has 0 bridgehead atoms. The molecule has 0 aliphatic heterocycles. The van der Waals surface area contributed by atoms with E-state index in [0.717, 1.165) is 0 Å². The van der Waals surface area contributed by atoms with Gasteiger partial charge < -0.3 is 14.9 Å². The molecule has 0 spiro atoms. The van der Waals surface area contributed by atoms with Crippen LogP contribution < -0.4 is 11.0 Å². The molecule has 0 saturated heterocycles. The smallest absolute Gasteiger partial charge is 0.262 e. The average Bonchev–Trinajstić information content (AvgIpc) is 2.68. The number of hydrogen-bond acceptors (Lipinski definition) is 7. The minimum Gasteiger partial charge on any atom is -0.504 e. The van der Waals surface area contributed by atoms with Crippen molar-refractivity contribution in [2.45, 2.75) is 13.0 Å². The van der Waals surface area contributed by atoms with Gasteiger partial charge in [0.2, 0.25) is 5.95 Å². The Morgan fingerprint density at radius 3 is 2.86 bits per heavy atom. The molecule has 3 N–H and O–H groups in total. The van der Waals surface area contributed by atoms with Crippen LogP contribution in [0.2, 0.25) is 5.02 Å². The molecule has 3 aromatic rings. The molecule has 28 heavy (non-hydrogen) atoms. The number of hydrogen-bond donors (Lipinski definition) is 3. The monoisotopic (exact) mass is 402 g/mol. The van der Waals surface area contributed by atoms with Crippen LogP contribution in [0.15, 0.2) is 46.3 Å². The third-order valence-corrected chi connectivity index (χ3v) is 4.32. The van der Waals surface area contributed by atoms with Crippen LogP contribution in [0.3, 0.4) is 0 Å². The molecule has 146 valence electrons. The molecule has 0 radical (unpaired) electrons. The maximum absolute atomic E-state index is 12.8. The van der Waals surface area contributed by atoms with E-state index in [4.69, 9.17) is 16.3 Å². The first-order valence-corrected chi connectivity index (χ1v) is 8.88. The first-order valence-electron chi connectivity index (χ1n) is 8.50. The van der Waals surface area contributed by atoms with Gasteiger partial charge >= 0.3 is 0 Å². The fourth-order valence-electron chi connectivity index (χ4n) is 2.67. The molecule has 8 nitrogen and oxygen atoms in total. The summed E-state index contributed by atoms with van der Waals surface area (Å²) in [4.78, 5) is 17.3. The fraction of sp³-hybridized carbons (Fsp3) is 0.211. The van der Waals surface area contributed by atoms with Gasteiger partial charge in [-0.1, -0.05) is 23.7 Å². The first kappa shape index (κ1) is 19.7. The van der Waals surface area contributed by atoms with Crippen molar-refractivity contribution in [2.75, 3.05) is 19.1 Å². The molecule has 1 aromatic heterocycles. The SMILES string of the molecule is COCCCn1c(N/N=C/c2cc(O)c(O)c(Cl)c2)nc2ccccc2c1=O. The van der Waals surface area contributed by atoms with Crippen LogP contribution in [0, 0.1) is 0 Å². The number of phenols is 2. The van der Waals surface area contributed by atoms with E-state index in [2.05, 4.69) is 15.5 Å². The number of nitrogens with zero attached hydrogens (tertiary/aromatic N) is 3. The Labute approximate surface area is 165 Å². The van der Waals surface area contributed by atoms with Crippen LogP contribution in [-0.4, -0.2) is 39.7 Å². The summed E-state index contributed by atoms with van der Waals surface area (Å²) in [6.07, 6.45) is 2.03. The number of aromatic hydroxyl groups is 2. The largest absolute Gasteiger partial charge is 0.504 e. The molecule has 2 aromatic carbocycles. The third-order valence-electron chi connectivity index (χ3n) is 4.04. The van der Waals surface area contributed by atoms with Crippen LogP contribution in [0.4, 0.5) is 5.95 Å². The Morgan fingerprint density at radius 1 is 1.32 bits per heavy atom. The molecule has 0 fully saturated rings. The maximum atomic E-state index is 12.8. The molecular weight excluding hydrogens is 384 g/mol. The van der Waals surface area contributed by atoms with Gasteiger partial charge in [-0.25, -0.2) is 10.4 Å². The van der Waals surface area contributed by atoms with Crippen LogP contribution >= 0.6 is 11.6 Å². The number of anilines is 1. The van der Waals surface area contributed by atoms with E-state index in [1.807, 2.05) is 0 Å². The number of hydrazone groups is 1. The molecule has 1 heterocycles. The summed E-state index contributed by atoms with van der Waals surface area (Å²) in [6.45, 7) is 0.918. The van der Waals surface area contributed by atoms with E-state index < -0.39 is 5.75 Å². The molecule has 9 heteroatoms. The maximum Gasteiger partial charge on any atom is 0.262 e. The van der Waals surface area contributed by atoms with Crippen molar-refractivity contribution in [3.8, 4) is 11.5 Å². The van der Waals surface area contributed by atoms with E-state index in [1.165, 1.54) is 22.9 Å². The van der Waals surface area contributed by atoms with Crippen molar-refractivity contribution >= 4 is 34.7 Å². The molecule has 0 unspecified atom stereocenters. The van der Waals surface area contributed by atoms with E-state index in [0.29, 0.717) is 36.0 Å². The van der Waals surface area contributed by atoms with Crippen LogP contribution in [0.5, 0.6) is 11.5 Å². The second-order valence-corrected chi connectivity index (χ2v) is 6.40. The summed E-state index contributed by atoms with van der Waals surface area (Å²) in [6, 6.07) is 9.83. The number of halogens is 1. The quantitative estimate of drug-likeness (QED) is 0.242. The third kappa shape index (κ3) is 4.24. The summed E-state index contributed by atoms with van der Waals surface area (Å²) in [5, 5.41) is 23.7. The van der Waals surface area contributed by atoms with Crippen molar-refractivity contribution in [2.24, 2.45) is 5.10 Å². The lowest BCUT2D eigenvalue weighted by molar-refractivity contribution is 0.190. The molecule has 0 aliphatic carbocycles. The number of ether oxygens (including phenoxy) is 1. The predicted octanol–water partition coefficient (Wildman–Crippen LogP) is 2.94. The van der Waals surface area contributed by atoms with Crippen LogP contribution in [0.25, 0.3) is 10.9 Å². The summed E-state index contributed by atoms with van der Waals surface area (Å²) in [5.41, 5.74) is 3.61. The molecular formula is C19H19ClN4O4. The fourth-order valence-corrected chi connectivity index (χ4v) is 2.89. The zero-order chi connectivity index (χ0) is 20.1. The number of rotatable bonds is 7. The lowest BCUT2D eigenvalue weighted by atomic mass is 10.2. The summed E-state index contributed by atoms with van der Waals surface area (Å²) in [7, 11) is 1.60. The first-order chi connectivity index (χ1) is 13.5. The number of para-hydroxylation sites is 1. The van der Waals surface area contributed by atoms with Gasteiger partial charge in [-0.2, -0.15) is 5.10 Å². The van der Waals surface area contributed by atoms with E-state index in [9.17, 15) is 15.0 Å². The Hall–Kier alpha value is -3.10. The molecule has 0 amide bonds. The van der Waals surface area contributed by atoms with Crippen molar-refractivity contribution < 1.29 is 14.9 Å². The summed E-state index contributed by atoms with van der Waals surface area (Å²) >= 11 is 5.84. The number of nitrogens with one attached hydrogen (secondary N) is 1. The van der Waals surface area contributed by atoms with Gasteiger partial charge in [-0.05, 0) is 36.2 Å². The standard InChI is InChI=1S/C19H19ClN4O4/c1-28-8-4-7-24-18(27)13-5-2-3-6-15(13)22-19(24)23-21-11-12-9-14(20)17(26)16(25)10-12/h2-3,5-6,9-11,25-26H,4,7-8H2,1H3,(H,22,23)/b21-11+. The van der Waals surface area contributed by atoms with Gasteiger partial charge in [0.15, 0.2) is 11.5 Å². The van der Waals surface area contributed by atoms with Crippen molar-refractivity contribution in [1.82, 2.24) is 9.55 Å². The highest BCUT2D eigenvalue weighted by atomic mass is 35.5. The molecule has 0 aliphatic rings. The van der Waals surface area contributed by atoms with Gasteiger partial charge in [0.05, 0.1) is 22.1 Å². The molecule has 0 atom stereocenters. The lowest BCUT2D eigenvalue weighted by Gasteiger charge is -2.12. The number of fused-ring (bicyclic) bond motifs is 1. The van der Waals surface area contributed by atoms with Crippen molar-refractivity contribution in [3.63, 3.8) is 0 Å². The van der Waals surface area contributed by atoms with Gasteiger partial charge in [0.25, 0.3) is 5.56 Å². The van der Waals surface area contributed by atoms with Crippen molar-refractivity contribution in [1.29, 1.82) is 0 Å². The summed E-state index contributed by atoms with van der Waals surface area (Å²) < 4.78 is 6.56. The van der Waals surface area contributed by atoms with Gasteiger partial charge in [0, 0.05) is 20.3 Å². The van der Waals surface area contributed by atoms with Crippen LogP contribution in [0.1, 0.15) is 12.0 Å². The van der Waals surface area contributed by atoms with Gasteiger partial charge in [0.1, 0.15) is 0 Å². The second-order valence-electron chi connectivity index (χ2n) is 6.00. The number of methoxy groups -OCH3 is 1. The predicted molar refractivity (Wildman–Crippen MR) is 108 cm³/mol. The number of benzene rings is 2. The zero-order valence-electron chi connectivity index (χ0n) is 15.1. The minimum absolute atomic E-state index is 0.00162. The van der Waals surface area contributed by atoms with Gasteiger partial charge in [-0.15, -0.1) is 0 Å². The average molecular weight is 403 g/mol. The second kappa shape index (κ2) is 8.73. The molecule has 0 saturated carbocycles.